The van der Waals surface area contributed by atoms with Gasteiger partial charge in [-0.2, -0.15) is 0 Å². The third-order valence-electron chi connectivity index (χ3n) is 4.82. The molecule has 2 aromatic carbocycles. The van der Waals surface area contributed by atoms with Gasteiger partial charge in [0, 0.05) is 13.0 Å². The molecular weight excluding hydrogens is 438 g/mol. The summed E-state index contributed by atoms with van der Waals surface area (Å²) in [5, 5.41) is 5.23. The van der Waals surface area contributed by atoms with E-state index >= 15 is 0 Å². The van der Waals surface area contributed by atoms with Crippen LogP contribution in [-0.2, 0) is 27.4 Å². The van der Waals surface area contributed by atoms with Crippen molar-refractivity contribution in [2.24, 2.45) is 22.3 Å². The number of carbonyl (C=O) groups is 3. The number of alkyl carbamates (subject to hydrolysis) is 1. The molecule has 182 valence electrons. The van der Waals surface area contributed by atoms with Crippen molar-refractivity contribution in [2.45, 2.75) is 38.0 Å². The lowest BCUT2D eigenvalue weighted by Gasteiger charge is -2.22. The molecule has 0 radical (unpaired) electrons. The SMILES string of the molecule is NNC(=O)[C@H](CCCN=C(N)N)NC(=O)[C@H](Cc1ccccc1)NC(=O)OCc1ccccc1. The highest BCUT2D eigenvalue weighted by Crippen LogP contribution is 2.07. The van der Waals surface area contributed by atoms with Gasteiger partial charge in [0.05, 0.1) is 0 Å². The summed E-state index contributed by atoms with van der Waals surface area (Å²) in [5.74, 6) is 4.06. The number of aliphatic imine (C=N–C) groups is 1. The van der Waals surface area contributed by atoms with E-state index in [1.807, 2.05) is 66.1 Å². The van der Waals surface area contributed by atoms with Crippen LogP contribution in [0.5, 0.6) is 0 Å². The highest BCUT2D eigenvalue weighted by molar-refractivity contribution is 5.91. The van der Waals surface area contributed by atoms with Gasteiger partial charge < -0.3 is 26.8 Å². The summed E-state index contributed by atoms with van der Waals surface area (Å²) >= 11 is 0. The van der Waals surface area contributed by atoms with Crippen LogP contribution in [0.3, 0.4) is 0 Å². The molecular formula is C23H31N7O4. The van der Waals surface area contributed by atoms with Gasteiger partial charge in [-0.15, -0.1) is 0 Å². The van der Waals surface area contributed by atoms with Crippen molar-refractivity contribution in [3.63, 3.8) is 0 Å². The van der Waals surface area contributed by atoms with Crippen molar-refractivity contribution >= 4 is 23.9 Å². The molecule has 3 amide bonds. The number of nitrogens with one attached hydrogen (secondary N) is 3. The second kappa shape index (κ2) is 14.1. The second-order valence-electron chi connectivity index (χ2n) is 7.47. The van der Waals surface area contributed by atoms with E-state index < -0.39 is 30.0 Å². The average molecular weight is 470 g/mol. The fourth-order valence-corrected chi connectivity index (χ4v) is 3.11. The third kappa shape index (κ3) is 9.57. The molecule has 11 heteroatoms. The lowest BCUT2D eigenvalue weighted by molar-refractivity contribution is -0.130. The first kappa shape index (κ1) is 26.1. The van der Waals surface area contributed by atoms with Crippen LogP contribution in [-0.4, -0.2) is 42.5 Å². The van der Waals surface area contributed by atoms with E-state index in [0.717, 1.165) is 11.1 Å². The van der Waals surface area contributed by atoms with Crippen LogP contribution in [0.1, 0.15) is 24.0 Å². The van der Waals surface area contributed by atoms with E-state index in [0.29, 0.717) is 6.42 Å². The first-order chi connectivity index (χ1) is 16.4. The Morgan fingerprint density at radius 1 is 0.853 bits per heavy atom. The Balaban J connectivity index is 2.05. The number of ether oxygens (including phenoxy) is 1. The molecule has 0 spiro atoms. The highest BCUT2D eigenvalue weighted by Gasteiger charge is 2.27. The van der Waals surface area contributed by atoms with Gasteiger partial charge in [0.2, 0.25) is 5.91 Å². The van der Waals surface area contributed by atoms with Crippen LogP contribution < -0.4 is 33.4 Å². The summed E-state index contributed by atoms with van der Waals surface area (Å²) in [6.45, 7) is 0.333. The number of hydrogen-bond acceptors (Lipinski definition) is 6. The number of hydrogen-bond donors (Lipinski definition) is 6. The number of rotatable bonds is 12. The lowest BCUT2D eigenvalue weighted by Crippen LogP contribution is -2.55. The minimum Gasteiger partial charge on any atom is -0.445 e. The predicted molar refractivity (Wildman–Crippen MR) is 128 cm³/mol. The third-order valence-corrected chi connectivity index (χ3v) is 4.82. The van der Waals surface area contributed by atoms with E-state index in [-0.39, 0.29) is 32.0 Å². The summed E-state index contributed by atoms with van der Waals surface area (Å²) in [7, 11) is 0. The Kier molecular flexibility index (Phi) is 10.8. The Morgan fingerprint density at radius 2 is 1.47 bits per heavy atom. The van der Waals surface area contributed by atoms with Crippen LogP contribution in [0.25, 0.3) is 0 Å². The van der Waals surface area contributed by atoms with Gasteiger partial charge >= 0.3 is 6.09 Å². The summed E-state index contributed by atoms with van der Waals surface area (Å²) in [6, 6.07) is 16.4. The van der Waals surface area contributed by atoms with Gasteiger partial charge in [-0.05, 0) is 24.0 Å². The first-order valence-electron chi connectivity index (χ1n) is 10.8. The molecule has 0 heterocycles. The first-order valence-corrected chi connectivity index (χ1v) is 10.8. The summed E-state index contributed by atoms with van der Waals surface area (Å²) < 4.78 is 5.25. The summed E-state index contributed by atoms with van der Waals surface area (Å²) in [4.78, 5) is 41.5. The highest BCUT2D eigenvalue weighted by atomic mass is 16.5. The van der Waals surface area contributed by atoms with E-state index in [2.05, 4.69) is 15.6 Å². The van der Waals surface area contributed by atoms with Gasteiger partial charge in [-0.1, -0.05) is 60.7 Å². The second-order valence-corrected chi connectivity index (χ2v) is 7.47. The van der Waals surface area contributed by atoms with Crippen molar-refractivity contribution in [2.75, 3.05) is 6.54 Å². The number of benzene rings is 2. The predicted octanol–water partition coefficient (Wildman–Crippen LogP) is 0.0524. The molecule has 0 fully saturated rings. The smallest absolute Gasteiger partial charge is 0.408 e. The zero-order valence-electron chi connectivity index (χ0n) is 18.8. The number of guanidine groups is 1. The molecule has 2 atom stereocenters. The summed E-state index contributed by atoms with van der Waals surface area (Å²) in [5.41, 5.74) is 14.3. The maximum atomic E-state index is 13.1. The topological polar surface area (TPSA) is 187 Å². The molecule has 0 saturated carbocycles. The number of nitrogens with zero attached hydrogens (tertiary/aromatic N) is 1. The molecule has 0 saturated heterocycles. The monoisotopic (exact) mass is 469 g/mol. The van der Waals surface area contributed by atoms with Gasteiger partial charge in [0.25, 0.3) is 5.91 Å². The van der Waals surface area contributed by atoms with Crippen LogP contribution in [0, 0.1) is 0 Å². The maximum absolute atomic E-state index is 13.1. The van der Waals surface area contributed by atoms with Crippen LogP contribution in [0.2, 0.25) is 0 Å². The van der Waals surface area contributed by atoms with Crippen LogP contribution in [0.4, 0.5) is 4.79 Å². The average Bonchev–Trinajstić information content (AvgIpc) is 2.84. The molecule has 0 unspecified atom stereocenters. The fourth-order valence-electron chi connectivity index (χ4n) is 3.11. The summed E-state index contributed by atoms with van der Waals surface area (Å²) in [6.07, 6.45) is 0.0965. The maximum Gasteiger partial charge on any atom is 0.408 e. The van der Waals surface area contributed by atoms with E-state index in [4.69, 9.17) is 22.0 Å². The molecule has 11 nitrogen and oxygen atoms in total. The quantitative estimate of drug-likeness (QED) is 0.0632. The zero-order valence-corrected chi connectivity index (χ0v) is 18.8. The zero-order chi connectivity index (χ0) is 24.8. The van der Waals surface area contributed by atoms with Crippen molar-refractivity contribution in [3.05, 3.63) is 71.8 Å². The van der Waals surface area contributed by atoms with Crippen LogP contribution >= 0.6 is 0 Å². The normalized spacial score (nSPS) is 12.0. The lowest BCUT2D eigenvalue weighted by atomic mass is 10.0. The molecule has 0 aliphatic heterocycles. The molecule has 0 aliphatic rings. The van der Waals surface area contributed by atoms with Gasteiger partial charge in [-0.25, -0.2) is 10.6 Å². The molecule has 0 aliphatic carbocycles. The Bertz CT molecular complexity index is 950. The van der Waals surface area contributed by atoms with Gasteiger partial charge in [-0.3, -0.25) is 20.0 Å². The Morgan fingerprint density at radius 3 is 2.06 bits per heavy atom. The number of amides is 3. The molecule has 2 rings (SSSR count). The molecule has 2 aromatic rings. The standard InChI is InChI=1S/C23H31N7O4/c24-22(25)27-13-7-12-18(21(32)30-26)28-20(31)19(14-16-8-3-1-4-9-16)29-23(33)34-15-17-10-5-2-6-11-17/h1-6,8-11,18-19H,7,12-15,26H2,(H,28,31)(H,29,33)(H,30,32)(H4,24,25,27)/t18-,19-/m0/s1. The Hall–Kier alpha value is -4.12. The number of hydrazine groups is 1. The van der Waals surface area contributed by atoms with Crippen LogP contribution in [0.15, 0.2) is 65.7 Å². The van der Waals surface area contributed by atoms with Gasteiger partial charge in [0.1, 0.15) is 18.7 Å². The van der Waals surface area contributed by atoms with Crippen molar-refractivity contribution in [1.29, 1.82) is 0 Å². The van der Waals surface area contributed by atoms with E-state index in [1.165, 1.54) is 0 Å². The minimum absolute atomic E-state index is 0.0509. The van der Waals surface area contributed by atoms with Crippen molar-refractivity contribution in [3.8, 4) is 0 Å². The van der Waals surface area contributed by atoms with E-state index in [1.54, 1.807) is 0 Å². The Labute approximate surface area is 198 Å². The molecule has 0 bridgehead atoms. The largest absolute Gasteiger partial charge is 0.445 e. The van der Waals surface area contributed by atoms with Gasteiger partial charge in [0.15, 0.2) is 5.96 Å². The van der Waals surface area contributed by atoms with Crippen molar-refractivity contribution in [1.82, 2.24) is 16.1 Å². The number of carbonyl (C=O) groups excluding carboxylic acids is 3. The number of nitrogens with two attached hydrogens (primary N) is 3. The fraction of sp³-hybridized carbons (Fsp3) is 0.304. The van der Waals surface area contributed by atoms with E-state index in [9.17, 15) is 14.4 Å². The molecule has 34 heavy (non-hydrogen) atoms. The molecule has 9 N–H and O–H groups in total. The minimum atomic E-state index is -0.989. The molecule has 0 aromatic heterocycles. The van der Waals surface area contributed by atoms with Crippen molar-refractivity contribution < 1.29 is 19.1 Å².